The molecule has 0 saturated heterocycles. The van der Waals surface area contributed by atoms with Crippen LogP contribution in [0.1, 0.15) is 32.1 Å². The smallest absolute Gasteiger partial charge is 0.317 e. The number of carbonyl (C=O) groups is 1. The van der Waals surface area contributed by atoms with E-state index in [0.29, 0.717) is 12.1 Å². The van der Waals surface area contributed by atoms with Crippen molar-refractivity contribution in [1.29, 1.82) is 0 Å². The van der Waals surface area contributed by atoms with Crippen LogP contribution in [0.5, 0.6) is 0 Å². The SMILES string of the molecule is CN(C(=O)NC1CCC1)C1CC1. The molecule has 2 rings (SSSR count). The Bertz CT molecular complexity index is 185. The van der Waals surface area contributed by atoms with Crippen molar-refractivity contribution < 1.29 is 4.79 Å². The van der Waals surface area contributed by atoms with E-state index in [0.717, 1.165) is 0 Å². The molecule has 12 heavy (non-hydrogen) atoms. The molecule has 68 valence electrons. The normalized spacial score (nSPS) is 23.1. The topological polar surface area (TPSA) is 32.3 Å². The first kappa shape index (κ1) is 7.90. The Kier molecular flexibility index (Phi) is 1.95. The second-order valence-electron chi connectivity index (χ2n) is 3.92. The minimum absolute atomic E-state index is 0.127. The monoisotopic (exact) mass is 168 g/mol. The van der Waals surface area contributed by atoms with Crippen LogP contribution >= 0.6 is 0 Å². The number of nitrogens with one attached hydrogen (secondary N) is 1. The number of nitrogens with zero attached hydrogens (tertiary/aromatic N) is 1. The van der Waals surface area contributed by atoms with Crippen LogP contribution in [-0.2, 0) is 0 Å². The summed E-state index contributed by atoms with van der Waals surface area (Å²) in [5.74, 6) is 0. The van der Waals surface area contributed by atoms with Gasteiger partial charge < -0.3 is 10.2 Å². The second-order valence-corrected chi connectivity index (χ2v) is 3.92. The summed E-state index contributed by atoms with van der Waals surface area (Å²) in [6.45, 7) is 0. The molecule has 0 unspecified atom stereocenters. The second kappa shape index (κ2) is 2.96. The van der Waals surface area contributed by atoms with Gasteiger partial charge in [-0.3, -0.25) is 0 Å². The van der Waals surface area contributed by atoms with Crippen molar-refractivity contribution in [3.05, 3.63) is 0 Å². The molecule has 0 bridgehead atoms. The molecule has 0 aromatic heterocycles. The zero-order valence-corrected chi connectivity index (χ0v) is 7.55. The van der Waals surface area contributed by atoms with Gasteiger partial charge in [0.1, 0.15) is 0 Å². The van der Waals surface area contributed by atoms with Crippen LogP contribution in [0.25, 0.3) is 0 Å². The first-order valence-electron chi connectivity index (χ1n) is 4.80. The number of urea groups is 1. The number of rotatable bonds is 2. The molecular formula is C9H16N2O. The van der Waals surface area contributed by atoms with E-state index >= 15 is 0 Å². The van der Waals surface area contributed by atoms with Crippen LogP contribution in [0, 0.1) is 0 Å². The number of carbonyl (C=O) groups excluding carboxylic acids is 1. The third-order valence-corrected chi connectivity index (χ3v) is 2.85. The molecule has 2 fully saturated rings. The van der Waals surface area contributed by atoms with Gasteiger partial charge in [-0.2, -0.15) is 0 Å². The van der Waals surface area contributed by atoms with Crippen molar-refractivity contribution in [1.82, 2.24) is 10.2 Å². The Morgan fingerprint density at radius 2 is 2.00 bits per heavy atom. The zero-order valence-electron chi connectivity index (χ0n) is 7.55. The van der Waals surface area contributed by atoms with Gasteiger partial charge >= 0.3 is 6.03 Å². The average Bonchev–Trinajstić information content (AvgIpc) is 2.77. The lowest BCUT2D eigenvalue weighted by molar-refractivity contribution is 0.194. The number of hydrogen-bond donors (Lipinski definition) is 1. The van der Waals surface area contributed by atoms with Crippen molar-refractivity contribution in [3.8, 4) is 0 Å². The van der Waals surface area contributed by atoms with Gasteiger partial charge in [-0.25, -0.2) is 4.79 Å². The molecule has 0 radical (unpaired) electrons. The molecule has 2 amide bonds. The molecule has 1 N–H and O–H groups in total. The van der Waals surface area contributed by atoms with E-state index in [1.165, 1.54) is 32.1 Å². The predicted molar refractivity (Wildman–Crippen MR) is 47.0 cm³/mol. The van der Waals surface area contributed by atoms with Crippen LogP contribution in [0.4, 0.5) is 4.79 Å². The largest absolute Gasteiger partial charge is 0.335 e. The van der Waals surface area contributed by atoms with Crippen molar-refractivity contribution >= 4 is 6.03 Å². The minimum atomic E-state index is 0.127. The third kappa shape index (κ3) is 1.54. The first-order valence-corrected chi connectivity index (χ1v) is 4.80. The van der Waals surface area contributed by atoms with Gasteiger partial charge in [0.15, 0.2) is 0 Å². The van der Waals surface area contributed by atoms with Crippen LogP contribution in [0.2, 0.25) is 0 Å². The lowest BCUT2D eigenvalue weighted by Gasteiger charge is -2.29. The average molecular weight is 168 g/mol. The summed E-state index contributed by atoms with van der Waals surface area (Å²) in [4.78, 5) is 13.3. The lowest BCUT2D eigenvalue weighted by Crippen LogP contribution is -2.46. The molecule has 2 aliphatic carbocycles. The van der Waals surface area contributed by atoms with E-state index in [9.17, 15) is 4.79 Å². The molecule has 0 spiro atoms. The fourth-order valence-corrected chi connectivity index (χ4v) is 1.46. The van der Waals surface area contributed by atoms with Crippen molar-refractivity contribution in [2.45, 2.75) is 44.2 Å². The summed E-state index contributed by atoms with van der Waals surface area (Å²) in [6.07, 6.45) is 6.00. The maximum atomic E-state index is 11.4. The number of hydrogen-bond acceptors (Lipinski definition) is 1. The highest BCUT2D eigenvalue weighted by atomic mass is 16.2. The first-order chi connectivity index (χ1) is 5.77. The predicted octanol–water partition coefficient (Wildman–Crippen LogP) is 1.34. The summed E-state index contributed by atoms with van der Waals surface area (Å²) in [6, 6.07) is 1.13. The minimum Gasteiger partial charge on any atom is -0.335 e. The molecule has 0 atom stereocenters. The summed E-state index contributed by atoms with van der Waals surface area (Å²) in [5, 5.41) is 3.02. The highest BCUT2D eigenvalue weighted by Gasteiger charge is 2.31. The quantitative estimate of drug-likeness (QED) is 0.663. The van der Waals surface area contributed by atoms with Crippen LogP contribution in [-0.4, -0.2) is 30.1 Å². The van der Waals surface area contributed by atoms with E-state index in [4.69, 9.17) is 0 Å². The van der Waals surface area contributed by atoms with Crippen LogP contribution in [0.15, 0.2) is 0 Å². The molecule has 0 aliphatic heterocycles. The molecule has 3 nitrogen and oxygen atoms in total. The van der Waals surface area contributed by atoms with Gasteiger partial charge in [0, 0.05) is 19.1 Å². The lowest BCUT2D eigenvalue weighted by atomic mass is 9.93. The van der Waals surface area contributed by atoms with E-state index in [1.54, 1.807) is 0 Å². The standard InChI is InChI=1S/C9H16N2O/c1-11(8-5-6-8)9(12)10-7-3-2-4-7/h7-8H,2-6H2,1H3,(H,10,12). The summed E-state index contributed by atoms with van der Waals surface area (Å²) in [5.41, 5.74) is 0. The number of amides is 2. The van der Waals surface area contributed by atoms with E-state index < -0.39 is 0 Å². The summed E-state index contributed by atoms with van der Waals surface area (Å²) < 4.78 is 0. The molecule has 3 heteroatoms. The van der Waals surface area contributed by atoms with Gasteiger partial charge in [0.2, 0.25) is 0 Å². The van der Waals surface area contributed by atoms with Crippen molar-refractivity contribution in [2.24, 2.45) is 0 Å². The summed E-state index contributed by atoms with van der Waals surface area (Å²) >= 11 is 0. The fraction of sp³-hybridized carbons (Fsp3) is 0.889. The molecule has 0 aromatic carbocycles. The van der Waals surface area contributed by atoms with E-state index in [2.05, 4.69) is 5.32 Å². The summed E-state index contributed by atoms with van der Waals surface area (Å²) in [7, 11) is 1.89. The molecule has 2 aliphatic rings. The zero-order chi connectivity index (χ0) is 8.55. The van der Waals surface area contributed by atoms with E-state index in [1.807, 2.05) is 11.9 Å². The molecular weight excluding hydrogens is 152 g/mol. The van der Waals surface area contributed by atoms with E-state index in [-0.39, 0.29) is 6.03 Å². The van der Waals surface area contributed by atoms with Gasteiger partial charge in [-0.15, -0.1) is 0 Å². The van der Waals surface area contributed by atoms with Crippen LogP contribution in [0.3, 0.4) is 0 Å². The van der Waals surface area contributed by atoms with Gasteiger partial charge in [-0.1, -0.05) is 0 Å². The maximum Gasteiger partial charge on any atom is 0.317 e. The Hall–Kier alpha value is -0.730. The molecule has 0 heterocycles. The third-order valence-electron chi connectivity index (χ3n) is 2.85. The van der Waals surface area contributed by atoms with Gasteiger partial charge in [-0.05, 0) is 32.1 Å². The van der Waals surface area contributed by atoms with Crippen LogP contribution < -0.4 is 5.32 Å². The Balaban J connectivity index is 1.74. The molecule has 0 aromatic rings. The highest BCUT2D eigenvalue weighted by molar-refractivity contribution is 5.75. The van der Waals surface area contributed by atoms with Gasteiger partial charge in [0.25, 0.3) is 0 Å². The Morgan fingerprint density at radius 1 is 1.33 bits per heavy atom. The molecule has 2 saturated carbocycles. The fourth-order valence-electron chi connectivity index (χ4n) is 1.46. The van der Waals surface area contributed by atoms with Gasteiger partial charge in [0.05, 0.1) is 0 Å². The maximum absolute atomic E-state index is 11.4. The Labute approximate surface area is 73.1 Å². The highest BCUT2D eigenvalue weighted by Crippen LogP contribution is 2.26. The van der Waals surface area contributed by atoms with Crippen molar-refractivity contribution in [3.63, 3.8) is 0 Å². The Morgan fingerprint density at radius 3 is 2.42 bits per heavy atom. The van der Waals surface area contributed by atoms with Crippen molar-refractivity contribution in [2.75, 3.05) is 7.05 Å².